The molecule has 0 aliphatic carbocycles. The Morgan fingerprint density at radius 1 is 1.43 bits per heavy atom. The van der Waals surface area contributed by atoms with Crippen LogP contribution in [0.4, 0.5) is 8.78 Å². The Labute approximate surface area is 130 Å². The summed E-state index contributed by atoms with van der Waals surface area (Å²) in [7, 11) is 0. The van der Waals surface area contributed by atoms with Crippen LogP contribution in [-0.4, -0.2) is 20.4 Å². The highest BCUT2D eigenvalue weighted by Crippen LogP contribution is 2.19. The number of fused-ring (bicyclic) bond motifs is 1. The third kappa shape index (κ3) is 2.92. The van der Waals surface area contributed by atoms with Gasteiger partial charge in [-0.1, -0.05) is 11.2 Å². The highest BCUT2D eigenvalue weighted by molar-refractivity contribution is 5.96. The van der Waals surface area contributed by atoms with Gasteiger partial charge in [-0.05, 0) is 31.5 Å². The number of aromatic nitrogens is 3. The number of amides is 1. The van der Waals surface area contributed by atoms with E-state index in [0.717, 1.165) is 11.1 Å². The largest absolute Gasteiger partial charge is 0.342 e. The molecular weight excluding hydrogens is 306 g/mol. The second kappa shape index (κ2) is 5.79. The second-order valence-electron chi connectivity index (χ2n) is 5.20. The molecule has 1 atom stereocenters. The lowest BCUT2D eigenvalue weighted by Gasteiger charge is -2.08. The SMILES string of the molecule is Cc1cccn2cc(C(=O)NC(C)c3noc(C(F)F)n3)cc12. The van der Waals surface area contributed by atoms with Gasteiger partial charge in [0.2, 0.25) is 0 Å². The molecule has 6 nitrogen and oxygen atoms in total. The average molecular weight is 320 g/mol. The monoisotopic (exact) mass is 320 g/mol. The highest BCUT2D eigenvalue weighted by Gasteiger charge is 2.21. The summed E-state index contributed by atoms with van der Waals surface area (Å²) in [5, 5.41) is 6.12. The maximum absolute atomic E-state index is 12.4. The normalized spacial score (nSPS) is 12.7. The molecule has 3 rings (SSSR count). The summed E-state index contributed by atoms with van der Waals surface area (Å²) in [6, 6.07) is 4.95. The molecule has 1 amide bonds. The molecule has 0 saturated heterocycles. The van der Waals surface area contributed by atoms with Crippen molar-refractivity contribution in [1.82, 2.24) is 19.9 Å². The lowest BCUT2D eigenvalue weighted by molar-refractivity contribution is 0.0937. The number of nitrogens with zero attached hydrogens (tertiary/aromatic N) is 3. The zero-order valence-corrected chi connectivity index (χ0v) is 12.5. The smallest absolute Gasteiger partial charge is 0.315 e. The van der Waals surface area contributed by atoms with E-state index in [1.54, 1.807) is 19.2 Å². The Hall–Kier alpha value is -2.77. The van der Waals surface area contributed by atoms with Gasteiger partial charge >= 0.3 is 6.43 Å². The molecule has 23 heavy (non-hydrogen) atoms. The van der Waals surface area contributed by atoms with E-state index in [0.29, 0.717) is 5.56 Å². The quantitative estimate of drug-likeness (QED) is 0.802. The Morgan fingerprint density at radius 2 is 2.22 bits per heavy atom. The van der Waals surface area contributed by atoms with Gasteiger partial charge in [0.1, 0.15) is 0 Å². The van der Waals surface area contributed by atoms with E-state index in [9.17, 15) is 13.6 Å². The fourth-order valence-electron chi connectivity index (χ4n) is 2.27. The lowest BCUT2D eigenvalue weighted by Crippen LogP contribution is -2.27. The Kier molecular flexibility index (Phi) is 3.81. The average Bonchev–Trinajstić information content (AvgIpc) is 3.15. The molecule has 0 radical (unpaired) electrons. The molecule has 0 saturated carbocycles. The molecular formula is C15H14F2N4O2. The van der Waals surface area contributed by atoms with Crippen LogP contribution in [0, 0.1) is 6.92 Å². The van der Waals surface area contributed by atoms with Gasteiger partial charge in [-0.3, -0.25) is 4.79 Å². The van der Waals surface area contributed by atoms with E-state index in [2.05, 4.69) is 20.0 Å². The molecule has 3 aromatic heterocycles. The molecule has 0 aliphatic heterocycles. The molecule has 1 unspecified atom stereocenters. The summed E-state index contributed by atoms with van der Waals surface area (Å²) in [6.07, 6.45) is 0.709. The van der Waals surface area contributed by atoms with Gasteiger partial charge in [-0.2, -0.15) is 13.8 Å². The molecule has 8 heteroatoms. The number of aryl methyl sites for hydroxylation is 1. The van der Waals surface area contributed by atoms with E-state index in [1.165, 1.54) is 0 Å². The minimum atomic E-state index is -2.83. The predicted octanol–water partition coefficient (Wildman–Crippen LogP) is 3.06. The number of nitrogens with one attached hydrogen (secondary N) is 1. The van der Waals surface area contributed by atoms with Gasteiger partial charge in [0, 0.05) is 17.9 Å². The van der Waals surface area contributed by atoms with Crippen LogP contribution in [0.15, 0.2) is 35.1 Å². The van der Waals surface area contributed by atoms with Crippen molar-refractivity contribution in [2.45, 2.75) is 26.3 Å². The summed E-state index contributed by atoms with van der Waals surface area (Å²) >= 11 is 0. The summed E-state index contributed by atoms with van der Waals surface area (Å²) in [6.45, 7) is 3.55. The Morgan fingerprint density at radius 3 is 2.87 bits per heavy atom. The first-order chi connectivity index (χ1) is 11.0. The van der Waals surface area contributed by atoms with Gasteiger partial charge in [0.25, 0.3) is 11.8 Å². The number of carbonyl (C=O) groups is 1. The molecule has 0 aromatic carbocycles. The van der Waals surface area contributed by atoms with Crippen molar-refractivity contribution in [3.8, 4) is 0 Å². The molecule has 120 valence electrons. The number of carbonyl (C=O) groups excluding carboxylic acids is 1. The van der Waals surface area contributed by atoms with Gasteiger partial charge in [0.15, 0.2) is 5.82 Å². The van der Waals surface area contributed by atoms with Crippen LogP contribution in [0.5, 0.6) is 0 Å². The third-order valence-corrected chi connectivity index (χ3v) is 3.49. The van der Waals surface area contributed by atoms with E-state index < -0.39 is 18.4 Å². The summed E-state index contributed by atoms with van der Waals surface area (Å²) in [5.74, 6) is -1.09. The van der Waals surface area contributed by atoms with E-state index in [-0.39, 0.29) is 11.7 Å². The maximum Gasteiger partial charge on any atom is 0.315 e. The Bertz CT molecular complexity index is 856. The standard InChI is InChI=1S/C15H14F2N4O2/c1-8-4-3-5-21-7-10(6-11(8)21)14(22)18-9(2)13-19-15(12(16)17)23-20-13/h3-7,9,12H,1-2H3,(H,18,22). The van der Waals surface area contributed by atoms with Gasteiger partial charge < -0.3 is 14.2 Å². The summed E-state index contributed by atoms with van der Waals surface area (Å²) in [4.78, 5) is 15.9. The number of hydrogen-bond acceptors (Lipinski definition) is 4. The molecule has 3 aromatic rings. The van der Waals surface area contributed by atoms with Gasteiger partial charge in [-0.15, -0.1) is 0 Å². The van der Waals surface area contributed by atoms with Gasteiger partial charge in [-0.25, -0.2) is 0 Å². The molecule has 3 heterocycles. The van der Waals surface area contributed by atoms with E-state index >= 15 is 0 Å². The third-order valence-electron chi connectivity index (χ3n) is 3.49. The summed E-state index contributed by atoms with van der Waals surface area (Å²) in [5.41, 5.74) is 2.42. The van der Waals surface area contributed by atoms with E-state index in [4.69, 9.17) is 0 Å². The van der Waals surface area contributed by atoms with Crippen molar-refractivity contribution in [3.05, 3.63) is 53.4 Å². The van der Waals surface area contributed by atoms with Crippen LogP contribution in [0.25, 0.3) is 5.52 Å². The number of halogens is 2. The van der Waals surface area contributed by atoms with Crippen LogP contribution in [0.3, 0.4) is 0 Å². The first kappa shape index (κ1) is 15.1. The van der Waals surface area contributed by atoms with Crippen molar-refractivity contribution < 1.29 is 18.1 Å². The number of hydrogen-bond donors (Lipinski definition) is 1. The minimum Gasteiger partial charge on any atom is -0.342 e. The van der Waals surface area contributed by atoms with Crippen LogP contribution in [-0.2, 0) is 0 Å². The van der Waals surface area contributed by atoms with Crippen molar-refractivity contribution in [2.24, 2.45) is 0 Å². The van der Waals surface area contributed by atoms with Gasteiger partial charge in [0.05, 0.1) is 11.6 Å². The molecule has 0 fully saturated rings. The highest BCUT2D eigenvalue weighted by atomic mass is 19.3. The van der Waals surface area contributed by atoms with Crippen LogP contribution >= 0.6 is 0 Å². The second-order valence-corrected chi connectivity index (χ2v) is 5.20. The van der Waals surface area contributed by atoms with Crippen LogP contribution in [0.1, 0.15) is 47.0 Å². The zero-order valence-electron chi connectivity index (χ0n) is 12.5. The van der Waals surface area contributed by atoms with Crippen LogP contribution in [0.2, 0.25) is 0 Å². The van der Waals surface area contributed by atoms with Crippen molar-refractivity contribution in [1.29, 1.82) is 0 Å². The fraction of sp³-hybridized carbons (Fsp3) is 0.267. The molecule has 0 aliphatic rings. The first-order valence-corrected chi connectivity index (χ1v) is 6.95. The topological polar surface area (TPSA) is 72.4 Å². The fourth-order valence-corrected chi connectivity index (χ4v) is 2.27. The zero-order chi connectivity index (χ0) is 16.6. The number of pyridine rings is 1. The van der Waals surface area contributed by atoms with Crippen LogP contribution < -0.4 is 5.32 Å². The number of alkyl halides is 2. The molecule has 0 spiro atoms. The maximum atomic E-state index is 12.4. The van der Waals surface area contributed by atoms with Crippen molar-refractivity contribution in [2.75, 3.05) is 0 Å². The van der Waals surface area contributed by atoms with Crippen molar-refractivity contribution >= 4 is 11.4 Å². The lowest BCUT2D eigenvalue weighted by atomic mass is 10.2. The number of rotatable bonds is 4. The van der Waals surface area contributed by atoms with Crippen molar-refractivity contribution in [3.63, 3.8) is 0 Å². The predicted molar refractivity (Wildman–Crippen MR) is 77.3 cm³/mol. The summed E-state index contributed by atoms with van der Waals surface area (Å²) < 4.78 is 31.2. The Balaban J connectivity index is 1.78. The molecule has 1 N–H and O–H groups in total. The van der Waals surface area contributed by atoms with E-state index in [1.807, 2.05) is 29.7 Å². The first-order valence-electron chi connectivity index (χ1n) is 6.95. The molecule has 0 bridgehead atoms. The minimum absolute atomic E-state index is 0.00796.